The van der Waals surface area contributed by atoms with Gasteiger partial charge >= 0.3 is 12.4 Å². The minimum absolute atomic E-state index is 0.200. The molecule has 2 aliphatic rings. The molecule has 1 N–H and O–H groups in total. The quantitative estimate of drug-likeness (QED) is 0.678. The first-order valence-electron chi connectivity index (χ1n) is 7.33. The van der Waals surface area contributed by atoms with Crippen LogP contribution in [-0.4, -0.2) is 23.4 Å². The molecule has 120 valence electrons. The van der Waals surface area contributed by atoms with Gasteiger partial charge in [0.05, 0.1) is 0 Å². The van der Waals surface area contributed by atoms with Crippen molar-refractivity contribution >= 4 is 17.9 Å². The Morgan fingerprint density at radius 3 is 2.79 bits per heavy atom. The highest BCUT2D eigenvalue weighted by molar-refractivity contribution is 6.12. The molecule has 0 bridgehead atoms. The monoisotopic (exact) mass is 323 g/mol. The summed E-state index contributed by atoms with van der Waals surface area (Å²) in [6, 6.07) is 12.6. The number of hydrogen-bond donors (Lipinski definition) is 1. The molecule has 6 heteroatoms. The van der Waals surface area contributed by atoms with Gasteiger partial charge in [0.1, 0.15) is 0 Å². The molecule has 6 nitrogen and oxygen atoms in total. The molecule has 2 aromatic rings. The normalized spacial score (nSPS) is 20.2. The van der Waals surface area contributed by atoms with E-state index in [4.69, 9.17) is 14.2 Å². The lowest BCUT2D eigenvalue weighted by Gasteiger charge is -1.99. The molecule has 2 aromatic carbocycles. The highest BCUT2D eigenvalue weighted by Crippen LogP contribution is 2.35. The fourth-order valence-electron chi connectivity index (χ4n) is 2.51. The number of fused-ring (bicyclic) bond motifs is 1. The van der Waals surface area contributed by atoms with Gasteiger partial charge in [-0.2, -0.15) is 0 Å². The van der Waals surface area contributed by atoms with E-state index in [2.05, 4.69) is 4.99 Å². The number of ether oxygens (including phenoxy) is 3. The van der Waals surface area contributed by atoms with Crippen LogP contribution in [0.5, 0.6) is 11.5 Å². The molecular weight excluding hydrogens is 310 g/mol. The van der Waals surface area contributed by atoms with Gasteiger partial charge in [-0.05, 0) is 42.8 Å². The molecule has 2 heterocycles. The summed E-state index contributed by atoms with van der Waals surface area (Å²) in [5.74, 6) is 0.629. The van der Waals surface area contributed by atoms with E-state index in [9.17, 15) is 9.90 Å². The number of benzene rings is 2. The molecule has 4 rings (SSSR count). The summed E-state index contributed by atoms with van der Waals surface area (Å²) in [4.78, 5) is 16.3. The second-order valence-electron chi connectivity index (χ2n) is 5.45. The molecule has 0 saturated heterocycles. The standard InChI is InChI=1S/C18H13NO5/c1-10-3-2-4-12(7-10)16-19-13(17(20)24-16)8-11-5-6-14-15(9-11)23-18(21)22-14/h2-9,18,21H,1H3/b13-8+/t18-/m0/s1. The summed E-state index contributed by atoms with van der Waals surface area (Å²) in [5.41, 5.74) is 2.69. The third-order valence-corrected chi connectivity index (χ3v) is 3.61. The maximum atomic E-state index is 12.0. The lowest BCUT2D eigenvalue weighted by atomic mass is 10.1. The molecule has 0 unspecified atom stereocenters. The van der Waals surface area contributed by atoms with E-state index in [0.717, 1.165) is 11.1 Å². The zero-order valence-corrected chi connectivity index (χ0v) is 12.7. The molecule has 1 atom stereocenters. The first kappa shape index (κ1) is 14.5. The van der Waals surface area contributed by atoms with Crippen LogP contribution in [0, 0.1) is 6.92 Å². The maximum absolute atomic E-state index is 12.0. The predicted molar refractivity (Wildman–Crippen MR) is 85.5 cm³/mol. The maximum Gasteiger partial charge on any atom is 0.363 e. The minimum Gasteiger partial charge on any atom is -0.428 e. The van der Waals surface area contributed by atoms with Crippen LogP contribution in [0.4, 0.5) is 0 Å². The van der Waals surface area contributed by atoms with E-state index < -0.39 is 12.4 Å². The Hall–Kier alpha value is -3.12. The van der Waals surface area contributed by atoms with Gasteiger partial charge < -0.3 is 19.3 Å². The van der Waals surface area contributed by atoms with E-state index in [1.807, 2.05) is 31.2 Å². The molecular formula is C18H13NO5. The van der Waals surface area contributed by atoms with Crippen LogP contribution in [0.1, 0.15) is 16.7 Å². The van der Waals surface area contributed by atoms with Crippen LogP contribution in [0.25, 0.3) is 6.08 Å². The van der Waals surface area contributed by atoms with Crippen molar-refractivity contribution in [3.63, 3.8) is 0 Å². The Bertz CT molecular complexity index is 900. The SMILES string of the molecule is Cc1cccc(C2=N/C(=C/c3ccc4c(c3)O[C@@H](O)O4)C(=O)O2)c1. The van der Waals surface area contributed by atoms with Crippen molar-refractivity contribution < 1.29 is 24.1 Å². The fourth-order valence-corrected chi connectivity index (χ4v) is 2.51. The number of aliphatic imine (C=N–C) groups is 1. The zero-order chi connectivity index (χ0) is 16.7. The average Bonchev–Trinajstić information content (AvgIpc) is 3.09. The Morgan fingerprint density at radius 1 is 1.12 bits per heavy atom. The number of aryl methyl sites for hydroxylation is 1. The summed E-state index contributed by atoms with van der Waals surface area (Å²) in [6.45, 7) is 0.656. The largest absolute Gasteiger partial charge is 0.428 e. The van der Waals surface area contributed by atoms with Gasteiger partial charge in [-0.25, -0.2) is 9.79 Å². The Labute approximate surface area is 137 Å². The zero-order valence-electron chi connectivity index (χ0n) is 12.7. The number of esters is 1. The minimum atomic E-state index is -1.30. The first-order valence-corrected chi connectivity index (χ1v) is 7.33. The number of aliphatic hydroxyl groups excluding tert-OH is 1. The van der Waals surface area contributed by atoms with Crippen molar-refractivity contribution in [2.75, 3.05) is 0 Å². The summed E-state index contributed by atoms with van der Waals surface area (Å²) in [5, 5.41) is 9.30. The van der Waals surface area contributed by atoms with E-state index >= 15 is 0 Å². The number of aliphatic hydroxyl groups is 1. The van der Waals surface area contributed by atoms with Crippen molar-refractivity contribution in [2.24, 2.45) is 4.99 Å². The molecule has 0 amide bonds. The van der Waals surface area contributed by atoms with E-state index in [1.54, 1.807) is 24.3 Å². The average molecular weight is 323 g/mol. The van der Waals surface area contributed by atoms with E-state index in [1.165, 1.54) is 0 Å². The van der Waals surface area contributed by atoms with Crippen molar-refractivity contribution in [1.29, 1.82) is 0 Å². The van der Waals surface area contributed by atoms with Gasteiger partial charge in [-0.15, -0.1) is 0 Å². The number of hydrogen-bond acceptors (Lipinski definition) is 6. The van der Waals surface area contributed by atoms with E-state index in [-0.39, 0.29) is 11.6 Å². The number of cyclic esters (lactones) is 1. The topological polar surface area (TPSA) is 77.4 Å². The van der Waals surface area contributed by atoms with Gasteiger partial charge in [0, 0.05) is 5.56 Å². The fraction of sp³-hybridized carbons (Fsp3) is 0.111. The first-order chi connectivity index (χ1) is 11.6. The van der Waals surface area contributed by atoms with Crippen LogP contribution in [-0.2, 0) is 9.53 Å². The Balaban J connectivity index is 1.65. The summed E-state index contributed by atoms with van der Waals surface area (Å²) >= 11 is 0. The second kappa shape index (κ2) is 5.50. The van der Waals surface area contributed by atoms with Crippen molar-refractivity contribution in [3.05, 3.63) is 64.9 Å². The number of nitrogens with zero attached hydrogens (tertiary/aromatic N) is 1. The van der Waals surface area contributed by atoms with Crippen molar-refractivity contribution in [1.82, 2.24) is 0 Å². The van der Waals surface area contributed by atoms with Crippen LogP contribution in [0.15, 0.2) is 53.2 Å². The van der Waals surface area contributed by atoms with E-state index in [0.29, 0.717) is 17.1 Å². The molecule has 2 aliphatic heterocycles. The van der Waals surface area contributed by atoms with Crippen LogP contribution in [0.3, 0.4) is 0 Å². The van der Waals surface area contributed by atoms with Gasteiger partial charge in [-0.3, -0.25) is 0 Å². The Kier molecular flexibility index (Phi) is 3.32. The predicted octanol–water partition coefficient (Wildman–Crippen LogP) is 2.39. The number of carbonyl (C=O) groups is 1. The van der Waals surface area contributed by atoms with Crippen LogP contribution >= 0.6 is 0 Å². The third-order valence-electron chi connectivity index (χ3n) is 3.61. The summed E-state index contributed by atoms with van der Waals surface area (Å²) in [7, 11) is 0. The summed E-state index contributed by atoms with van der Waals surface area (Å²) in [6.07, 6.45) is 1.60. The molecule has 24 heavy (non-hydrogen) atoms. The van der Waals surface area contributed by atoms with Crippen molar-refractivity contribution in [3.8, 4) is 11.5 Å². The molecule has 0 saturated carbocycles. The van der Waals surface area contributed by atoms with Crippen molar-refractivity contribution in [2.45, 2.75) is 13.4 Å². The van der Waals surface area contributed by atoms with Gasteiger partial charge in [0.25, 0.3) is 0 Å². The van der Waals surface area contributed by atoms with Crippen LogP contribution < -0.4 is 9.47 Å². The molecule has 0 radical (unpaired) electrons. The molecule has 0 aliphatic carbocycles. The number of rotatable bonds is 2. The Morgan fingerprint density at radius 2 is 1.96 bits per heavy atom. The lowest BCUT2D eigenvalue weighted by molar-refractivity contribution is -0.133. The molecule has 0 fully saturated rings. The molecule has 0 spiro atoms. The van der Waals surface area contributed by atoms with Crippen LogP contribution in [0.2, 0.25) is 0 Å². The van der Waals surface area contributed by atoms with Gasteiger partial charge in [-0.1, -0.05) is 23.8 Å². The second-order valence-corrected chi connectivity index (χ2v) is 5.45. The smallest absolute Gasteiger partial charge is 0.363 e. The lowest BCUT2D eigenvalue weighted by Crippen LogP contribution is -2.15. The molecule has 0 aromatic heterocycles. The van der Waals surface area contributed by atoms with Gasteiger partial charge in [0.15, 0.2) is 17.2 Å². The third kappa shape index (κ3) is 2.63. The highest BCUT2D eigenvalue weighted by atomic mass is 16.8. The highest BCUT2D eigenvalue weighted by Gasteiger charge is 2.25. The summed E-state index contributed by atoms with van der Waals surface area (Å²) < 4.78 is 15.4. The van der Waals surface area contributed by atoms with Gasteiger partial charge in [0.2, 0.25) is 5.90 Å². The number of carbonyl (C=O) groups excluding carboxylic acids is 1.